The Morgan fingerprint density at radius 1 is 1.06 bits per heavy atom. The number of amides is 1. The van der Waals surface area contributed by atoms with Gasteiger partial charge in [0.25, 0.3) is 5.91 Å². The molecular formula is C22H27ClN2O5S. The molecule has 2 aromatic carbocycles. The maximum absolute atomic E-state index is 12.7. The van der Waals surface area contributed by atoms with Crippen LogP contribution >= 0.6 is 11.6 Å². The number of rotatable bonds is 10. The van der Waals surface area contributed by atoms with E-state index in [1.165, 1.54) is 22.5 Å². The summed E-state index contributed by atoms with van der Waals surface area (Å²) in [5.74, 6) is -1.59. The number of hydrogen-bond donors (Lipinski definition) is 1. The van der Waals surface area contributed by atoms with E-state index in [1.54, 1.807) is 13.8 Å². The fourth-order valence-corrected chi connectivity index (χ4v) is 4.77. The minimum absolute atomic E-state index is 0.0167. The highest BCUT2D eigenvalue weighted by atomic mass is 35.5. The van der Waals surface area contributed by atoms with Crippen molar-refractivity contribution >= 4 is 39.2 Å². The van der Waals surface area contributed by atoms with E-state index in [0.717, 1.165) is 5.56 Å². The number of esters is 1. The molecule has 1 amide bonds. The molecule has 31 heavy (non-hydrogen) atoms. The van der Waals surface area contributed by atoms with Crippen molar-refractivity contribution in [1.82, 2.24) is 4.31 Å². The van der Waals surface area contributed by atoms with Gasteiger partial charge in [-0.25, -0.2) is 8.42 Å². The highest BCUT2D eigenvalue weighted by Crippen LogP contribution is 2.27. The number of carbonyl (C=O) groups is 2. The van der Waals surface area contributed by atoms with E-state index >= 15 is 0 Å². The van der Waals surface area contributed by atoms with Crippen LogP contribution in [-0.2, 0) is 24.3 Å². The SMILES string of the molecule is CC[C@@H](C(=O)OCC(=O)Nc1cc(S(=O)(=O)N(CC)CC)ccc1Cl)c1ccccc1. The Bertz CT molecular complexity index is 1010. The number of nitrogens with one attached hydrogen (secondary N) is 1. The van der Waals surface area contributed by atoms with E-state index in [2.05, 4.69) is 5.32 Å². The van der Waals surface area contributed by atoms with Crippen molar-refractivity contribution in [2.24, 2.45) is 0 Å². The second-order valence-corrected chi connectivity index (χ2v) is 9.10. The van der Waals surface area contributed by atoms with Gasteiger partial charge in [0.2, 0.25) is 10.0 Å². The number of ether oxygens (including phenoxy) is 1. The van der Waals surface area contributed by atoms with Gasteiger partial charge in [0.05, 0.1) is 21.5 Å². The van der Waals surface area contributed by atoms with Gasteiger partial charge in [-0.1, -0.05) is 62.7 Å². The quantitative estimate of drug-likeness (QED) is 0.533. The molecule has 2 rings (SSSR count). The fourth-order valence-electron chi connectivity index (χ4n) is 3.12. The first-order chi connectivity index (χ1) is 14.7. The van der Waals surface area contributed by atoms with Crippen LogP contribution in [0.1, 0.15) is 38.7 Å². The first kappa shape index (κ1) is 24.8. The summed E-state index contributed by atoms with van der Waals surface area (Å²) < 4.78 is 31.9. The molecule has 2 aromatic rings. The van der Waals surface area contributed by atoms with Crippen molar-refractivity contribution in [3.8, 4) is 0 Å². The van der Waals surface area contributed by atoms with Crippen LogP contribution in [0, 0.1) is 0 Å². The molecule has 0 spiro atoms. The Morgan fingerprint density at radius 3 is 2.29 bits per heavy atom. The highest BCUT2D eigenvalue weighted by molar-refractivity contribution is 7.89. The van der Waals surface area contributed by atoms with E-state index < -0.39 is 34.4 Å². The summed E-state index contributed by atoms with van der Waals surface area (Å²) in [6.45, 7) is 5.48. The van der Waals surface area contributed by atoms with Crippen LogP contribution in [0.25, 0.3) is 0 Å². The Labute approximate surface area is 188 Å². The summed E-state index contributed by atoms with van der Waals surface area (Å²) in [6.07, 6.45) is 0.529. The molecule has 0 fully saturated rings. The summed E-state index contributed by atoms with van der Waals surface area (Å²) >= 11 is 6.12. The van der Waals surface area contributed by atoms with Gasteiger partial charge in [0.15, 0.2) is 6.61 Å². The number of sulfonamides is 1. The Hall–Kier alpha value is -2.42. The zero-order chi connectivity index (χ0) is 23.0. The Balaban J connectivity index is 2.08. The molecule has 0 aliphatic carbocycles. The maximum Gasteiger partial charge on any atom is 0.313 e. The molecule has 1 atom stereocenters. The maximum atomic E-state index is 12.7. The van der Waals surface area contributed by atoms with Crippen LogP contribution in [0.5, 0.6) is 0 Å². The summed E-state index contributed by atoms with van der Waals surface area (Å²) in [5.41, 5.74) is 0.943. The normalized spacial score (nSPS) is 12.4. The van der Waals surface area contributed by atoms with E-state index in [0.29, 0.717) is 19.5 Å². The lowest BCUT2D eigenvalue weighted by Crippen LogP contribution is -2.30. The van der Waals surface area contributed by atoms with Gasteiger partial charge in [-0.3, -0.25) is 9.59 Å². The molecule has 0 bridgehead atoms. The summed E-state index contributed by atoms with van der Waals surface area (Å²) in [5, 5.41) is 2.69. The highest BCUT2D eigenvalue weighted by Gasteiger charge is 2.24. The Morgan fingerprint density at radius 2 is 1.71 bits per heavy atom. The van der Waals surface area contributed by atoms with Crippen LogP contribution in [0.3, 0.4) is 0 Å². The molecule has 0 heterocycles. The van der Waals surface area contributed by atoms with Crippen molar-refractivity contribution < 1.29 is 22.7 Å². The molecular weight excluding hydrogens is 440 g/mol. The molecule has 168 valence electrons. The van der Waals surface area contributed by atoms with Crippen molar-refractivity contribution in [3.63, 3.8) is 0 Å². The zero-order valence-corrected chi connectivity index (χ0v) is 19.4. The van der Waals surface area contributed by atoms with Gasteiger partial charge in [-0.15, -0.1) is 0 Å². The molecule has 0 saturated carbocycles. The van der Waals surface area contributed by atoms with E-state index in [9.17, 15) is 18.0 Å². The number of hydrogen-bond acceptors (Lipinski definition) is 5. The average Bonchev–Trinajstić information content (AvgIpc) is 2.75. The number of anilines is 1. The van der Waals surface area contributed by atoms with Gasteiger partial charge < -0.3 is 10.1 Å². The smallest absolute Gasteiger partial charge is 0.313 e. The van der Waals surface area contributed by atoms with Gasteiger partial charge in [-0.2, -0.15) is 4.31 Å². The average molecular weight is 467 g/mol. The molecule has 0 aromatic heterocycles. The topological polar surface area (TPSA) is 92.8 Å². The van der Waals surface area contributed by atoms with Crippen LogP contribution in [0.2, 0.25) is 5.02 Å². The van der Waals surface area contributed by atoms with Crippen molar-refractivity contribution in [2.75, 3.05) is 25.0 Å². The lowest BCUT2D eigenvalue weighted by Gasteiger charge is -2.19. The predicted octanol–water partition coefficient (Wildman–Crippen LogP) is 4.05. The third-order valence-corrected chi connectivity index (χ3v) is 7.17. The van der Waals surface area contributed by atoms with Crippen molar-refractivity contribution in [3.05, 3.63) is 59.1 Å². The second kappa shape index (κ2) is 11.3. The van der Waals surface area contributed by atoms with E-state index in [4.69, 9.17) is 16.3 Å². The fraction of sp³-hybridized carbons (Fsp3) is 0.364. The standard InChI is InChI=1S/C22H27ClN2O5S/c1-4-18(16-10-8-7-9-11-16)22(27)30-15-21(26)24-20-14-17(12-13-19(20)23)31(28,29)25(5-2)6-3/h7-14,18H,4-6,15H2,1-3H3,(H,24,26)/t18-/m1/s1. The largest absolute Gasteiger partial charge is 0.455 e. The van der Waals surface area contributed by atoms with Crippen LogP contribution in [0.15, 0.2) is 53.4 Å². The lowest BCUT2D eigenvalue weighted by atomic mass is 9.97. The van der Waals surface area contributed by atoms with Crippen LogP contribution in [-0.4, -0.2) is 44.3 Å². The van der Waals surface area contributed by atoms with Crippen LogP contribution < -0.4 is 5.32 Å². The molecule has 1 N–H and O–H groups in total. The van der Waals surface area contributed by atoms with Gasteiger partial charge in [0.1, 0.15) is 0 Å². The zero-order valence-electron chi connectivity index (χ0n) is 17.8. The predicted molar refractivity (Wildman–Crippen MR) is 121 cm³/mol. The first-order valence-corrected chi connectivity index (χ1v) is 11.9. The third kappa shape index (κ3) is 6.29. The summed E-state index contributed by atoms with van der Waals surface area (Å²) in [7, 11) is -3.71. The first-order valence-electron chi connectivity index (χ1n) is 10.1. The summed E-state index contributed by atoms with van der Waals surface area (Å²) in [6, 6.07) is 13.3. The second-order valence-electron chi connectivity index (χ2n) is 6.76. The van der Waals surface area contributed by atoms with E-state index in [-0.39, 0.29) is 15.6 Å². The molecule has 9 heteroatoms. The molecule has 0 unspecified atom stereocenters. The molecule has 0 radical (unpaired) electrons. The molecule has 0 saturated heterocycles. The number of halogens is 1. The molecule has 7 nitrogen and oxygen atoms in total. The Kier molecular flexibility index (Phi) is 9.03. The van der Waals surface area contributed by atoms with E-state index in [1.807, 2.05) is 37.3 Å². The molecule has 0 aliphatic rings. The van der Waals surface area contributed by atoms with Crippen molar-refractivity contribution in [2.45, 2.75) is 38.0 Å². The minimum atomic E-state index is -3.71. The van der Waals surface area contributed by atoms with Gasteiger partial charge in [0, 0.05) is 13.1 Å². The van der Waals surface area contributed by atoms with Gasteiger partial charge in [-0.05, 0) is 30.2 Å². The van der Waals surface area contributed by atoms with Gasteiger partial charge >= 0.3 is 5.97 Å². The molecule has 0 aliphatic heterocycles. The number of nitrogens with zero attached hydrogens (tertiary/aromatic N) is 1. The van der Waals surface area contributed by atoms with Crippen molar-refractivity contribution in [1.29, 1.82) is 0 Å². The monoisotopic (exact) mass is 466 g/mol. The third-order valence-electron chi connectivity index (χ3n) is 4.80. The van der Waals surface area contributed by atoms with Crippen LogP contribution in [0.4, 0.5) is 5.69 Å². The minimum Gasteiger partial charge on any atom is -0.455 e. The number of carbonyl (C=O) groups excluding carboxylic acids is 2. The lowest BCUT2D eigenvalue weighted by molar-refractivity contribution is -0.149. The number of benzene rings is 2. The summed E-state index contributed by atoms with van der Waals surface area (Å²) in [4.78, 5) is 24.7.